The Kier molecular flexibility index (Phi) is 2.66. The number of aromatic hydroxyl groups is 1. The lowest BCUT2D eigenvalue weighted by Crippen LogP contribution is -1.91. The summed E-state index contributed by atoms with van der Waals surface area (Å²) >= 11 is 0. The Bertz CT molecular complexity index is 544. The number of phenols is 1. The highest BCUT2D eigenvalue weighted by atomic mass is 16.6. The molecular weight excluding hydrogens is 220 g/mol. The number of nitrogens with zero attached hydrogens (tertiary/aromatic N) is 1. The zero-order valence-electron chi connectivity index (χ0n) is 8.83. The van der Waals surface area contributed by atoms with Gasteiger partial charge in [-0.25, -0.2) is 0 Å². The largest absolute Gasteiger partial charge is 0.507 e. The van der Waals surface area contributed by atoms with E-state index < -0.39 is 4.92 Å². The molecule has 0 aromatic heterocycles. The van der Waals surface area contributed by atoms with Crippen LogP contribution in [0, 0.1) is 10.1 Å². The van der Waals surface area contributed by atoms with Crippen LogP contribution in [-0.2, 0) is 0 Å². The van der Waals surface area contributed by atoms with Crippen molar-refractivity contribution in [3.05, 3.63) is 52.6 Å². The first-order chi connectivity index (χ1) is 8.09. The van der Waals surface area contributed by atoms with E-state index in [9.17, 15) is 15.2 Å². The molecule has 0 amide bonds. The fourth-order valence-electron chi connectivity index (χ4n) is 1.62. The lowest BCUT2D eigenvalue weighted by molar-refractivity contribution is -0.384. The van der Waals surface area contributed by atoms with E-state index in [1.54, 1.807) is 24.3 Å². The summed E-state index contributed by atoms with van der Waals surface area (Å²) in [6, 6.07) is 10.7. The van der Waals surface area contributed by atoms with Gasteiger partial charge in [0, 0.05) is 23.4 Å². The Labute approximate surface area is 97.3 Å². The van der Waals surface area contributed by atoms with Gasteiger partial charge in [-0.15, -0.1) is 0 Å². The van der Waals surface area contributed by atoms with Gasteiger partial charge < -0.3 is 10.8 Å². The molecule has 2 rings (SSSR count). The zero-order chi connectivity index (χ0) is 12.4. The first-order valence-corrected chi connectivity index (χ1v) is 4.92. The molecule has 17 heavy (non-hydrogen) atoms. The van der Waals surface area contributed by atoms with Crippen LogP contribution < -0.4 is 5.73 Å². The molecule has 0 fully saturated rings. The van der Waals surface area contributed by atoms with E-state index >= 15 is 0 Å². The minimum atomic E-state index is -0.474. The molecule has 3 N–H and O–H groups in total. The molecule has 5 nitrogen and oxygen atoms in total. The summed E-state index contributed by atoms with van der Waals surface area (Å²) in [6.45, 7) is 0. The van der Waals surface area contributed by atoms with E-state index in [2.05, 4.69) is 0 Å². The molecule has 0 aliphatic rings. The summed E-state index contributed by atoms with van der Waals surface area (Å²) in [6.07, 6.45) is 0. The molecule has 0 aliphatic heterocycles. The second-order valence-electron chi connectivity index (χ2n) is 3.55. The van der Waals surface area contributed by atoms with Crippen molar-refractivity contribution in [2.24, 2.45) is 0 Å². The van der Waals surface area contributed by atoms with Gasteiger partial charge in [0.2, 0.25) is 0 Å². The Morgan fingerprint density at radius 2 is 1.76 bits per heavy atom. The highest BCUT2D eigenvalue weighted by Gasteiger charge is 2.10. The van der Waals surface area contributed by atoms with Crippen LogP contribution in [0.1, 0.15) is 0 Å². The fraction of sp³-hybridized carbons (Fsp3) is 0. The van der Waals surface area contributed by atoms with Crippen LogP contribution in [0.25, 0.3) is 11.1 Å². The molecule has 0 heterocycles. The maximum atomic E-state index is 10.5. The number of hydrogen-bond acceptors (Lipinski definition) is 4. The van der Waals surface area contributed by atoms with E-state index in [-0.39, 0.29) is 11.4 Å². The topological polar surface area (TPSA) is 89.4 Å². The number of nitro benzene ring substituents is 1. The molecule has 86 valence electrons. The number of rotatable bonds is 2. The van der Waals surface area contributed by atoms with Gasteiger partial charge in [0.15, 0.2) is 0 Å². The van der Waals surface area contributed by atoms with E-state index in [0.29, 0.717) is 16.8 Å². The maximum absolute atomic E-state index is 10.5. The van der Waals surface area contributed by atoms with E-state index in [0.717, 1.165) is 0 Å². The van der Waals surface area contributed by atoms with Crippen LogP contribution in [0.15, 0.2) is 42.5 Å². The number of benzene rings is 2. The molecule has 0 saturated heterocycles. The van der Waals surface area contributed by atoms with Gasteiger partial charge in [-0.05, 0) is 29.8 Å². The smallest absolute Gasteiger partial charge is 0.269 e. The first-order valence-electron chi connectivity index (χ1n) is 4.92. The summed E-state index contributed by atoms with van der Waals surface area (Å²) in [5, 5.41) is 20.2. The second-order valence-corrected chi connectivity index (χ2v) is 3.55. The van der Waals surface area contributed by atoms with Crippen LogP contribution in [0.2, 0.25) is 0 Å². The van der Waals surface area contributed by atoms with E-state index in [4.69, 9.17) is 5.73 Å². The van der Waals surface area contributed by atoms with Crippen molar-refractivity contribution in [2.75, 3.05) is 5.73 Å². The highest BCUT2D eigenvalue weighted by molar-refractivity contribution is 5.81. The Morgan fingerprint density at radius 1 is 1.12 bits per heavy atom. The van der Waals surface area contributed by atoms with Crippen molar-refractivity contribution in [1.29, 1.82) is 0 Å². The molecule has 2 aromatic carbocycles. The Balaban J connectivity index is 2.50. The monoisotopic (exact) mass is 230 g/mol. The zero-order valence-corrected chi connectivity index (χ0v) is 8.83. The van der Waals surface area contributed by atoms with Crippen molar-refractivity contribution in [1.82, 2.24) is 0 Å². The molecule has 0 unspecified atom stereocenters. The van der Waals surface area contributed by atoms with E-state index in [1.165, 1.54) is 18.2 Å². The van der Waals surface area contributed by atoms with Crippen LogP contribution in [0.4, 0.5) is 11.4 Å². The molecule has 0 saturated carbocycles. The van der Waals surface area contributed by atoms with Crippen LogP contribution in [-0.4, -0.2) is 10.0 Å². The standard InChI is InChI=1S/C12H10N2O3/c13-10-2-1-3-11(15)12(10)8-4-6-9(7-5-8)14(16)17/h1-7,15H,13H2. The molecule has 0 atom stereocenters. The third-order valence-corrected chi connectivity index (χ3v) is 2.44. The lowest BCUT2D eigenvalue weighted by atomic mass is 10.0. The van der Waals surface area contributed by atoms with Crippen molar-refractivity contribution in [2.45, 2.75) is 0 Å². The van der Waals surface area contributed by atoms with Crippen LogP contribution in [0.3, 0.4) is 0 Å². The van der Waals surface area contributed by atoms with Gasteiger partial charge in [-0.3, -0.25) is 10.1 Å². The van der Waals surface area contributed by atoms with Gasteiger partial charge in [0.05, 0.1) is 4.92 Å². The van der Waals surface area contributed by atoms with Crippen LogP contribution in [0.5, 0.6) is 5.75 Å². The number of phenolic OH excluding ortho intramolecular Hbond substituents is 1. The quantitative estimate of drug-likeness (QED) is 0.471. The summed E-state index contributed by atoms with van der Waals surface area (Å²) in [5.41, 5.74) is 7.32. The average molecular weight is 230 g/mol. The predicted octanol–water partition coefficient (Wildman–Crippen LogP) is 2.55. The van der Waals surface area contributed by atoms with Gasteiger partial charge >= 0.3 is 0 Å². The average Bonchev–Trinajstić information content (AvgIpc) is 2.29. The molecule has 5 heteroatoms. The number of nitrogens with two attached hydrogens (primary N) is 1. The van der Waals surface area contributed by atoms with Gasteiger partial charge in [0.1, 0.15) is 5.75 Å². The maximum Gasteiger partial charge on any atom is 0.269 e. The van der Waals surface area contributed by atoms with Crippen molar-refractivity contribution >= 4 is 11.4 Å². The molecule has 0 aliphatic carbocycles. The molecular formula is C12H10N2O3. The van der Waals surface area contributed by atoms with Crippen molar-refractivity contribution < 1.29 is 10.0 Å². The first kappa shape index (κ1) is 10.9. The third-order valence-electron chi connectivity index (χ3n) is 2.44. The minimum absolute atomic E-state index is 0.00254. The predicted molar refractivity (Wildman–Crippen MR) is 64.6 cm³/mol. The molecule has 0 radical (unpaired) electrons. The number of hydrogen-bond donors (Lipinski definition) is 2. The van der Waals surface area contributed by atoms with E-state index in [1.807, 2.05) is 0 Å². The summed E-state index contributed by atoms with van der Waals surface area (Å²) < 4.78 is 0. The van der Waals surface area contributed by atoms with Crippen LogP contribution >= 0.6 is 0 Å². The number of anilines is 1. The SMILES string of the molecule is Nc1cccc(O)c1-c1ccc([N+](=O)[O-])cc1. The fourth-order valence-corrected chi connectivity index (χ4v) is 1.62. The molecule has 0 bridgehead atoms. The van der Waals surface area contributed by atoms with Gasteiger partial charge in [0.25, 0.3) is 5.69 Å². The third kappa shape index (κ3) is 2.03. The number of nitro groups is 1. The summed E-state index contributed by atoms with van der Waals surface area (Å²) in [5.74, 6) is 0.0545. The van der Waals surface area contributed by atoms with Gasteiger partial charge in [-0.2, -0.15) is 0 Å². The van der Waals surface area contributed by atoms with Crippen molar-refractivity contribution in [3.63, 3.8) is 0 Å². The molecule has 0 spiro atoms. The minimum Gasteiger partial charge on any atom is -0.507 e. The summed E-state index contributed by atoms with van der Waals surface area (Å²) in [7, 11) is 0. The Hall–Kier alpha value is -2.56. The molecule has 2 aromatic rings. The normalized spacial score (nSPS) is 10.1. The summed E-state index contributed by atoms with van der Waals surface area (Å²) in [4.78, 5) is 10.0. The Morgan fingerprint density at radius 3 is 2.29 bits per heavy atom. The lowest BCUT2D eigenvalue weighted by Gasteiger charge is -2.07. The van der Waals surface area contributed by atoms with Gasteiger partial charge in [-0.1, -0.05) is 6.07 Å². The number of non-ortho nitro benzene ring substituents is 1. The second kappa shape index (κ2) is 4.13. The number of nitrogen functional groups attached to an aromatic ring is 1. The van der Waals surface area contributed by atoms with Crippen molar-refractivity contribution in [3.8, 4) is 16.9 Å². The highest BCUT2D eigenvalue weighted by Crippen LogP contribution is 2.34.